The first-order valence-corrected chi connectivity index (χ1v) is 10.4. The van der Waals surface area contributed by atoms with E-state index in [9.17, 15) is 0 Å². The van der Waals surface area contributed by atoms with Crippen LogP contribution in [-0.2, 0) is 9.47 Å². The Hall–Kier alpha value is -0.0800. The Kier molecular flexibility index (Phi) is 9.60. The van der Waals surface area contributed by atoms with Gasteiger partial charge in [-0.1, -0.05) is 51.9 Å². The molecule has 2 fully saturated rings. The molecule has 0 amide bonds. The predicted molar refractivity (Wildman–Crippen MR) is 97.7 cm³/mol. The first-order chi connectivity index (χ1) is 11.3. The first kappa shape index (κ1) is 19.2. The van der Waals surface area contributed by atoms with E-state index in [1.807, 2.05) is 7.11 Å². The molecule has 0 aromatic rings. The molecule has 136 valence electrons. The molecule has 0 aromatic carbocycles. The largest absolute Gasteiger partial charge is 0.384 e. The molecule has 0 heterocycles. The van der Waals surface area contributed by atoms with Gasteiger partial charge in [0.1, 0.15) is 0 Å². The van der Waals surface area contributed by atoms with Crippen molar-refractivity contribution in [2.45, 2.75) is 84.0 Å². The summed E-state index contributed by atoms with van der Waals surface area (Å²) in [5, 5.41) is 0. The molecule has 2 nitrogen and oxygen atoms in total. The summed E-state index contributed by atoms with van der Waals surface area (Å²) in [5.74, 6) is 3.73. The molecule has 23 heavy (non-hydrogen) atoms. The average molecular weight is 325 g/mol. The van der Waals surface area contributed by atoms with Crippen LogP contribution in [0, 0.1) is 23.7 Å². The van der Waals surface area contributed by atoms with Crippen molar-refractivity contribution in [1.29, 1.82) is 0 Å². The van der Waals surface area contributed by atoms with E-state index in [0.29, 0.717) is 0 Å². The lowest BCUT2D eigenvalue weighted by atomic mass is 9.76. The van der Waals surface area contributed by atoms with E-state index < -0.39 is 0 Å². The van der Waals surface area contributed by atoms with Gasteiger partial charge in [-0.25, -0.2) is 0 Å². The minimum atomic E-state index is 0.847. The van der Waals surface area contributed by atoms with Crippen LogP contribution in [0.15, 0.2) is 0 Å². The van der Waals surface area contributed by atoms with Crippen LogP contribution in [0.2, 0.25) is 0 Å². The van der Waals surface area contributed by atoms with Gasteiger partial charge in [0.2, 0.25) is 0 Å². The van der Waals surface area contributed by atoms with E-state index >= 15 is 0 Å². The number of ether oxygens (including phenoxy) is 2. The third kappa shape index (κ3) is 7.56. The van der Waals surface area contributed by atoms with Gasteiger partial charge in [-0.05, 0) is 55.8 Å². The van der Waals surface area contributed by atoms with E-state index in [1.165, 1.54) is 77.0 Å². The van der Waals surface area contributed by atoms with Crippen molar-refractivity contribution in [3.05, 3.63) is 0 Å². The summed E-state index contributed by atoms with van der Waals surface area (Å²) in [7, 11) is 1.84. The highest BCUT2D eigenvalue weighted by Crippen LogP contribution is 2.36. The summed E-state index contributed by atoms with van der Waals surface area (Å²) < 4.78 is 11.1. The van der Waals surface area contributed by atoms with E-state index in [4.69, 9.17) is 9.47 Å². The minimum absolute atomic E-state index is 0.847. The van der Waals surface area contributed by atoms with Crippen LogP contribution in [0.25, 0.3) is 0 Å². The van der Waals surface area contributed by atoms with Crippen molar-refractivity contribution in [3.63, 3.8) is 0 Å². The quantitative estimate of drug-likeness (QED) is 0.470. The summed E-state index contributed by atoms with van der Waals surface area (Å²) in [6.07, 6.45) is 16.9. The molecule has 2 aliphatic rings. The molecule has 2 heteroatoms. The molecule has 0 bridgehead atoms. The number of rotatable bonds is 10. The Balaban J connectivity index is 1.50. The highest BCUT2D eigenvalue weighted by molar-refractivity contribution is 4.76. The van der Waals surface area contributed by atoms with E-state index in [1.54, 1.807) is 0 Å². The van der Waals surface area contributed by atoms with Gasteiger partial charge in [-0.2, -0.15) is 0 Å². The SMILES string of the molecule is CCCCOCC1CCC(CC[C@H]2CC[C@H](COC)CC2)CC1. The minimum Gasteiger partial charge on any atom is -0.384 e. The number of methoxy groups -OCH3 is 1. The van der Waals surface area contributed by atoms with Crippen molar-refractivity contribution in [2.75, 3.05) is 26.9 Å². The van der Waals surface area contributed by atoms with Gasteiger partial charge in [0, 0.05) is 26.9 Å². The second kappa shape index (κ2) is 11.5. The van der Waals surface area contributed by atoms with Crippen molar-refractivity contribution >= 4 is 0 Å². The van der Waals surface area contributed by atoms with Crippen LogP contribution >= 0.6 is 0 Å². The Morgan fingerprint density at radius 3 is 1.65 bits per heavy atom. The molecule has 0 spiro atoms. The van der Waals surface area contributed by atoms with Crippen molar-refractivity contribution < 1.29 is 9.47 Å². The standard InChI is InChI=1S/C21H40O2/c1-3-4-15-23-17-21-13-9-19(10-14-21)6-5-18-7-11-20(12-8-18)16-22-2/h18-21H,3-17H2,1-2H3/t18-,19?,20-,21?. The van der Waals surface area contributed by atoms with Crippen LogP contribution in [0.1, 0.15) is 84.0 Å². The van der Waals surface area contributed by atoms with Crippen molar-refractivity contribution in [1.82, 2.24) is 0 Å². The van der Waals surface area contributed by atoms with Gasteiger partial charge in [-0.3, -0.25) is 0 Å². The topological polar surface area (TPSA) is 18.5 Å². The number of unbranched alkanes of at least 4 members (excludes halogenated alkanes) is 1. The van der Waals surface area contributed by atoms with Crippen LogP contribution in [0.3, 0.4) is 0 Å². The maximum atomic E-state index is 5.82. The predicted octanol–water partition coefficient (Wildman–Crippen LogP) is 5.84. The van der Waals surface area contributed by atoms with Gasteiger partial charge >= 0.3 is 0 Å². The molecular weight excluding hydrogens is 284 g/mol. The van der Waals surface area contributed by atoms with Gasteiger partial charge in [-0.15, -0.1) is 0 Å². The molecule has 2 aliphatic carbocycles. The van der Waals surface area contributed by atoms with Gasteiger partial charge in [0.25, 0.3) is 0 Å². The van der Waals surface area contributed by atoms with Crippen LogP contribution in [0.5, 0.6) is 0 Å². The fourth-order valence-corrected chi connectivity index (χ4v) is 4.58. The summed E-state index contributed by atoms with van der Waals surface area (Å²) >= 11 is 0. The highest BCUT2D eigenvalue weighted by Gasteiger charge is 2.24. The maximum absolute atomic E-state index is 5.82. The van der Waals surface area contributed by atoms with Crippen LogP contribution < -0.4 is 0 Å². The Bertz CT molecular complexity index is 276. The zero-order chi connectivity index (χ0) is 16.3. The average Bonchev–Trinajstić information content (AvgIpc) is 2.59. The first-order valence-electron chi connectivity index (χ1n) is 10.4. The molecule has 2 rings (SSSR count). The van der Waals surface area contributed by atoms with Gasteiger partial charge in [0.15, 0.2) is 0 Å². The lowest BCUT2D eigenvalue weighted by Gasteiger charge is -2.31. The fourth-order valence-electron chi connectivity index (χ4n) is 4.58. The molecule has 0 atom stereocenters. The molecule has 0 aliphatic heterocycles. The molecule has 2 saturated carbocycles. The maximum Gasteiger partial charge on any atom is 0.0494 e. The smallest absolute Gasteiger partial charge is 0.0494 e. The summed E-state index contributed by atoms with van der Waals surface area (Å²) in [6, 6.07) is 0. The monoisotopic (exact) mass is 324 g/mol. The highest BCUT2D eigenvalue weighted by atomic mass is 16.5. The molecule has 0 N–H and O–H groups in total. The van der Waals surface area contributed by atoms with Crippen LogP contribution in [-0.4, -0.2) is 26.9 Å². The van der Waals surface area contributed by atoms with Gasteiger partial charge < -0.3 is 9.47 Å². The second-order valence-corrected chi connectivity index (χ2v) is 8.23. The van der Waals surface area contributed by atoms with Gasteiger partial charge in [0.05, 0.1) is 0 Å². The molecule has 0 unspecified atom stereocenters. The lowest BCUT2D eigenvalue weighted by molar-refractivity contribution is 0.0737. The number of hydrogen-bond donors (Lipinski definition) is 0. The molecular formula is C21H40O2. The lowest BCUT2D eigenvalue weighted by Crippen LogP contribution is -2.21. The summed E-state index contributed by atoms with van der Waals surface area (Å²) in [6.45, 7) is 5.22. The molecule has 0 aromatic heterocycles. The normalized spacial score (nSPS) is 32.1. The van der Waals surface area contributed by atoms with Crippen molar-refractivity contribution in [2.24, 2.45) is 23.7 Å². The third-order valence-electron chi connectivity index (χ3n) is 6.31. The zero-order valence-electron chi connectivity index (χ0n) is 15.7. The van der Waals surface area contributed by atoms with E-state index in [-0.39, 0.29) is 0 Å². The van der Waals surface area contributed by atoms with Crippen LogP contribution in [0.4, 0.5) is 0 Å². The van der Waals surface area contributed by atoms with Crippen molar-refractivity contribution in [3.8, 4) is 0 Å². The Morgan fingerprint density at radius 2 is 1.17 bits per heavy atom. The molecule has 0 radical (unpaired) electrons. The zero-order valence-corrected chi connectivity index (χ0v) is 15.7. The summed E-state index contributed by atoms with van der Waals surface area (Å²) in [5.41, 5.74) is 0. The van der Waals surface area contributed by atoms with E-state index in [2.05, 4.69) is 6.92 Å². The Morgan fingerprint density at radius 1 is 0.696 bits per heavy atom. The number of hydrogen-bond acceptors (Lipinski definition) is 2. The summed E-state index contributed by atoms with van der Waals surface area (Å²) in [4.78, 5) is 0. The molecule has 0 saturated heterocycles. The van der Waals surface area contributed by atoms with E-state index in [0.717, 1.165) is 43.5 Å². The fraction of sp³-hybridized carbons (Fsp3) is 1.00. The third-order valence-corrected chi connectivity index (χ3v) is 6.31. The second-order valence-electron chi connectivity index (χ2n) is 8.23. The Labute approximate surface area is 144 Å².